The van der Waals surface area contributed by atoms with E-state index < -0.39 is 5.97 Å². The fourth-order valence-electron chi connectivity index (χ4n) is 9.87. The highest BCUT2D eigenvalue weighted by Crippen LogP contribution is 2.31. The van der Waals surface area contributed by atoms with Gasteiger partial charge in [0.1, 0.15) is 29.9 Å². The minimum atomic E-state index is -0.930. The van der Waals surface area contributed by atoms with Gasteiger partial charge in [0.05, 0.1) is 43.3 Å². The van der Waals surface area contributed by atoms with E-state index in [2.05, 4.69) is 95.1 Å². The van der Waals surface area contributed by atoms with Crippen molar-refractivity contribution in [3.63, 3.8) is 0 Å². The first-order valence-corrected chi connectivity index (χ1v) is 32.1. The number of ether oxygens (including phenoxy) is 4. The highest BCUT2D eigenvalue weighted by Gasteiger charge is 2.25. The molecule has 8 rings (SSSR count). The van der Waals surface area contributed by atoms with Crippen LogP contribution in [0.5, 0.6) is 11.5 Å². The minimum Gasteiger partial charge on any atom is -0.489 e. The lowest BCUT2D eigenvalue weighted by molar-refractivity contribution is -0.149. The van der Waals surface area contributed by atoms with Crippen LogP contribution in [0, 0.1) is 0 Å². The summed E-state index contributed by atoms with van der Waals surface area (Å²) in [6, 6.07) is 16.5. The molecule has 0 aromatic heterocycles. The van der Waals surface area contributed by atoms with Crippen molar-refractivity contribution < 1.29 is 62.4 Å². The van der Waals surface area contributed by atoms with Gasteiger partial charge in [0, 0.05) is 130 Å². The number of likely N-dealkylation sites (tertiary alicyclic amines) is 3. The van der Waals surface area contributed by atoms with Gasteiger partial charge in [-0.15, -0.1) is 24.0 Å². The molecule has 0 radical (unpaired) electrons. The fourth-order valence-corrected chi connectivity index (χ4v) is 10.0. The Hall–Kier alpha value is -5.51. The number of nitrogens with zero attached hydrogens (tertiary/aromatic N) is 7. The van der Waals surface area contributed by atoms with E-state index in [1.807, 2.05) is 32.0 Å². The van der Waals surface area contributed by atoms with Gasteiger partial charge in [0.2, 0.25) is 29.5 Å². The Bertz CT molecular complexity index is 2330. The number of nitrogens with one attached hydrogen (secondary N) is 2. The zero-order chi connectivity index (χ0) is 63.1. The van der Waals surface area contributed by atoms with E-state index in [0.717, 1.165) is 154 Å². The molecule has 5 amide bonds. The average molecular weight is 1400 g/mol. The molecule has 0 unspecified atom stereocenters. The molecule has 6 fully saturated rings. The van der Waals surface area contributed by atoms with Crippen LogP contribution in [0.3, 0.4) is 0 Å². The number of amides is 5. The van der Waals surface area contributed by atoms with Gasteiger partial charge >= 0.3 is 17.9 Å². The molecule has 2 aromatic rings. The van der Waals surface area contributed by atoms with Crippen molar-refractivity contribution in [1.82, 2.24) is 35.1 Å². The summed E-state index contributed by atoms with van der Waals surface area (Å²) in [4.78, 5) is 102. The normalized spacial score (nSPS) is 17.1. The monoisotopic (exact) mass is 1400 g/mol. The molecule has 0 bridgehead atoms. The lowest BCUT2D eigenvalue weighted by Gasteiger charge is -2.37. The molecule has 2 aromatic carbocycles. The topological polar surface area (TPSA) is 266 Å². The highest BCUT2D eigenvalue weighted by atomic mass is 127. The number of carbonyl (C=O) groups excluding carboxylic acids is 7. The standard InChI is InChI=1S/C22H34N4O3.C15H25N3O.C9H15NO3.C7H11NO3.C5H9NO.C4H7BrO2.HI/c1-18(2)29-20-8-4-3-7-19(20)25-15-13-24(14-16-25)12-10-23-21(27)17-26-11-6-5-9-22(26)28;1-13(2)19-15-6-4-3-5-14(15)18-11-9-17(8-7-16)10-12-18;1-2-13-9(12)7-10-6-4-3-5-8(10)11;9-6-3-1-2-4-8(6)5-7(10)11;7-5-3-1-2-4-6-5;1-2-7-4(6)3-5;/h3-4,7-8,18H,5-6,9-17H2,1-2H3,(H,23,27);3-6,13H,7-12,16H2,1-2H3;2-7H2,1H3;1-5H2,(H,10,11);1-4H2,(H,6,7);2-3H2,1H3;1H. The van der Waals surface area contributed by atoms with Crippen molar-refractivity contribution >= 4 is 98.7 Å². The number of anilines is 2. The number of piperidine rings is 4. The van der Waals surface area contributed by atoms with Gasteiger partial charge in [0.25, 0.3) is 0 Å². The molecular weight excluding hydrogens is 1300 g/mol. The van der Waals surface area contributed by atoms with E-state index >= 15 is 0 Å². The minimum absolute atomic E-state index is 0. The summed E-state index contributed by atoms with van der Waals surface area (Å²) in [7, 11) is 0. The van der Waals surface area contributed by atoms with E-state index in [0.29, 0.717) is 64.0 Å². The molecule has 0 aliphatic carbocycles. The molecule has 87 heavy (non-hydrogen) atoms. The van der Waals surface area contributed by atoms with Crippen molar-refractivity contribution in [2.45, 2.75) is 131 Å². The zero-order valence-electron chi connectivity index (χ0n) is 52.7. The quantitative estimate of drug-likeness (QED) is 0.0696. The Morgan fingerprint density at radius 3 is 1.37 bits per heavy atom. The van der Waals surface area contributed by atoms with E-state index in [4.69, 9.17) is 25.1 Å². The number of esters is 2. The number of hydrogen-bond acceptors (Lipinski definition) is 17. The molecular formula is C62H102BrIN10O13. The largest absolute Gasteiger partial charge is 0.489 e. The number of halogens is 2. The van der Waals surface area contributed by atoms with Crippen LogP contribution in [0.2, 0.25) is 0 Å². The van der Waals surface area contributed by atoms with Crippen LogP contribution in [0.15, 0.2) is 48.5 Å². The number of nitrogens with two attached hydrogens (primary N) is 1. The number of carboxylic acids is 1. The Balaban J connectivity index is 0.000000385. The SMILES string of the molecule is CC(C)Oc1ccccc1N1CCN(CCN)CC1.CC(C)Oc1ccccc1N1CCN(CCNC(=O)CN2CCCCC2=O)CC1.CCOC(=O)CBr.CCOC(=O)CN1CCCCC1=O.I.O=C(O)CN1CCCCC1=O.O=C1CCCCN1. The van der Waals surface area contributed by atoms with Crippen LogP contribution >= 0.6 is 39.9 Å². The maximum Gasteiger partial charge on any atom is 0.325 e. The third kappa shape index (κ3) is 33.0. The first-order valence-electron chi connectivity index (χ1n) is 31.0. The van der Waals surface area contributed by atoms with Crippen LogP contribution in [0.25, 0.3) is 0 Å². The van der Waals surface area contributed by atoms with Gasteiger partial charge in [0.15, 0.2) is 0 Å². The smallest absolute Gasteiger partial charge is 0.325 e. The van der Waals surface area contributed by atoms with Gasteiger partial charge in [-0.3, -0.25) is 48.2 Å². The number of carboxylic acid groups (broad SMARTS) is 1. The van der Waals surface area contributed by atoms with Crippen LogP contribution in [0.4, 0.5) is 11.4 Å². The van der Waals surface area contributed by atoms with Crippen molar-refractivity contribution in [3.8, 4) is 11.5 Å². The number of rotatable bonds is 20. The zero-order valence-corrected chi connectivity index (χ0v) is 56.6. The third-order valence-electron chi connectivity index (χ3n) is 14.2. The van der Waals surface area contributed by atoms with E-state index in [9.17, 15) is 38.4 Å². The highest BCUT2D eigenvalue weighted by molar-refractivity contribution is 14.0. The maximum atomic E-state index is 12.1. The third-order valence-corrected chi connectivity index (χ3v) is 14.7. The number of aliphatic carboxylic acids is 1. The summed E-state index contributed by atoms with van der Waals surface area (Å²) in [6.07, 6.45) is 10.7. The number of benzene rings is 2. The fraction of sp³-hybridized carbons (Fsp3) is 0.677. The summed E-state index contributed by atoms with van der Waals surface area (Å²) >= 11 is 2.94. The number of carbonyl (C=O) groups is 8. The van der Waals surface area contributed by atoms with Crippen molar-refractivity contribution in [1.29, 1.82) is 0 Å². The van der Waals surface area contributed by atoms with E-state index in [-0.39, 0.29) is 97.3 Å². The summed E-state index contributed by atoms with van der Waals surface area (Å²) < 4.78 is 21.1. The summed E-state index contributed by atoms with van der Waals surface area (Å²) in [5.74, 6) is 0.785. The molecule has 6 heterocycles. The molecule has 0 atom stereocenters. The Morgan fingerprint density at radius 1 is 0.575 bits per heavy atom. The van der Waals surface area contributed by atoms with Gasteiger partial charge in [-0.2, -0.15) is 0 Å². The second-order valence-electron chi connectivity index (χ2n) is 21.8. The number of piperazine rings is 2. The summed E-state index contributed by atoms with van der Waals surface area (Å²) in [6.45, 7) is 26.9. The van der Waals surface area contributed by atoms with Crippen molar-refractivity contribution in [2.75, 3.05) is 153 Å². The maximum absolute atomic E-state index is 12.1. The average Bonchev–Trinajstić information content (AvgIpc) is 3.57. The number of hydrogen-bond donors (Lipinski definition) is 4. The lowest BCUT2D eigenvalue weighted by atomic mass is 10.1. The van der Waals surface area contributed by atoms with Crippen LogP contribution in [-0.2, 0) is 47.8 Å². The Kier molecular flexibility index (Phi) is 40.8. The van der Waals surface area contributed by atoms with E-state index in [1.54, 1.807) is 23.6 Å². The summed E-state index contributed by atoms with van der Waals surface area (Å²) in [5, 5.41) is 14.4. The molecule has 5 N–H and O–H groups in total. The number of alkyl halides is 1. The summed E-state index contributed by atoms with van der Waals surface area (Å²) in [5.41, 5.74) is 7.97. The first kappa shape index (κ1) is 77.6. The Morgan fingerprint density at radius 2 is 1.00 bits per heavy atom. The van der Waals surface area contributed by atoms with Crippen molar-refractivity contribution in [3.05, 3.63) is 48.5 Å². The van der Waals surface area contributed by atoms with E-state index in [1.165, 1.54) is 10.6 Å². The lowest BCUT2D eigenvalue weighted by Crippen LogP contribution is -2.49. The molecule has 6 aliphatic rings. The van der Waals surface area contributed by atoms with Gasteiger partial charge in [-0.05, 0) is 117 Å². The first-order chi connectivity index (χ1) is 41.4. The van der Waals surface area contributed by atoms with Crippen LogP contribution in [-0.4, -0.2) is 232 Å². The second-order valence-corrected chi connectivity index (χ2v) is 22.4. The number of para-hydroxylation sites is 4. The van der Waals surface area contributed by atoms with Crippen LogP contribution in [0.1, 0.15) is 119 Å². The molecule has 25 heteroatoms. The molecule has 6 aliphatic heterocycles. The van der Waals surface area contributed by atoms with Gasteiger partial charge in [-0.25, -0.2) is 0 Å². The molecule has 6 saturated heterocycles. The molecule has 23 nitrogen and oxygen atoms in total. The Labute approximate surface area is 542 Å². The van der Waals surface area contributed by atoms with Gasteiger partial charge < -0.3 is 64.9 Å². The van der Waals surface area contributed by atoms with Crippen LogP contribution < -0.4 is 35.6 Å². The molecule has 492 valence electrons. The molecule has 0 saturated carbocycles. The van der Waals surface area contributed by atoms with Crippen molar-refractivity contribution in [2.24, 2.45) is 5.73 Å². The second kappa shape index (κ2) is 45.7. The predicted molar refractivity (Wildman–Crippen MR) is 352 cm³/mol. The van der Waals surface area contributed by atoms with Gasteiger partial charge in [-0.1, -0.05) is 40.2 Å². The molecule has 0 spiro atoms. The predicted octanol–water partition coefficient (Wildman–Crippen LogP) is 5.77.